The SMILES string of the molecule is CC(C)(C)OC(=O)N1C[C@@H](CCC(Nc2cccc(S(=O)(=O)NC(=O)c3ccc(C(C)(C)C)nc3F)n2)c2cccc(C(C)(C)C)n2)CC1(C)C. The van der Waals surface area contributed by atoms with Crippen LogP contribution >= 0.6 is 0 Å². The van der Waals surface area contributed by atoms with Crippen LogP contribution in [-0.2, 0) is 25.6 Å². The third-order valence-corrected chi connectivity index (χ3v) is 9.98. The number of hydrogen-bond donors (Lipinski definition) is 2. The summed E-state index contributed by atoms with van der Waals surface area (Å²) >= 11 is 0. The number of likely N-dealkylation sites (tertiary alicyclic amines) is 1. The van der Waals surface area contributed by atoms with E-state index in [2.05, 4.69) is 36.1 Å². The highest BCUT2D eigenvalue weighted by atomic mass is 32.2. The molecule has 1 fully saturated rings. The molecule has 0 radical (unpaired) electrons. The van der Waals surface area contributed by atoms with Gasteiger partial charge in [0.1, 0.15) is 11.4 Å². The zero-order chi connectivity index (χ0) is 38.2. The summed E-state index contributed by atoms with van der Waals surface area (Å²) in [5, 5.41) is 2.97. The van der Waals surface area contributed by atoms with Crippen molar-refractivity contribution in [2.75, 3.05) is 11.9 Å². The number of nitrogens with zero attached hydrogens (tertiary/aromatic N) is 4. The van der Waals surface area contributed by atoms with Gasteiger partial charge in [-0.15, -0.1) is 0 Å². The van der Waals surface area contributed by atoms with Crippen LogP contribution in [0.5, 0.6) is 0 Å². The Morgan fingerprint density at radius 3 is 2.16 bits per heavy atom. The van der Waals surface area contributed by atoms with Gasteiger partial charge >= 0.3 is 6.09 Å². The van der Waals surface area contributed by atoms with E-state index in [1.807, 2.05) is 78.3 Å². The smallest absolute Gasteiger partial charge is 0.410 e. The summed E-state index contributed by atoms with van der Waals surface area (Å²) in [4.78, 5) is 41.0. The molecule has 3 aromatic heterocycles. The van der Waals surface area contributed by atoms with E-state index in [0.717, 1.165) is 24.2 Å². The Kier molecular flexibility index (Phi) is 11.3. The van der Waals surface area contributed by atoms with Crippen LogP contribution in [0.3, 0.4) is 0 Å². The lowest BCUT2D eigenvalue weighted by Crippen LogP contribution is -2.45. The Morgan fingerprint density at radius 1 is 0.922 bits per heavy atom. The zero-order valence-electron chi connectivity index (χ0n) is 31.7. The average Bonchev–Trinajstić information content (AvgIpc) is 3.31. The number of rotatable bonds is 9. The van der Waals surface area contributed by atoms with E-state index in [1.54, 1.807) is 11.0 Å². The van der Waals surface area contributed by atoms with E-state index in [1.165, 1.54) is 24.3 Å². The molecule has 2 atom stereocenters. The Hall–Kier alpha value is -4.13. The predicted molar refractivity (Wildman–Crippen MR) is 195 cm³/mol. The molecule has 13 heteroatoms. The molecule has 2 N–H and O–H groups in total. The van der Waals surface area contributed by atoms with Crippen LogP contribution in [0.2, 0.25) is 0 Å². The summed E-state index contributed by atoms with van der Waals surface area (Å²) in [5.41, 5.74) is -0.0798. The summed E-state index contributed by atoms with van der Waals surface area (Å²) in [6.07, 6.45) is 1.80. The zero-order valence-corrected chi connectivity index (χ0v) is 32.5. The van der Waals surface area contributed by atoms with Crippen LogP contribution in [0.4, 0.5) is 15.0 Å². The molecule has 4 heterocycles. The normalized spacial score (nSPS) is 17.2. The summed E-state index contributed by atoms with van der Waals surface area (Å²) in [5.74, 6) is -1.78. The van der Waals surface area contributed by atoms with E-state index in [9.17, 15) is 22.4 Å². The fraction of sp³-hybridized carbons (Fsp3) is 0.553. The molecule has 0 aliphatic carbocycles. The first kappa shape index (κ1) is 39.7. The maximum absolute atomic E-state index is 14.8. The number of amides is 2. The monoisotopic (exact) mass is 724 g/mol. The van der Waals surface area contributed by atoms with Gasteiger partial charge in [0.25, 0.3) is 15.9 Å². The van der Waals surface area contributed by atoms with Crippen molar-refractivity contribution >= 4 is 27.8 Å². The fourth-order valence-electron chi connectivity index (χ4n) is 6.05. The molecule has 0 aromatic carbocycles. The third kappa shape index (κ3) is 10.2. The van der Waals surface area contributed by atoms with Crippen molar-refractivity contribution < 1.29 is 27.1 Å². The Balaban J connectivity index is 1.57. The molecule has 0 spiro atoms. The van der Waals surface area contributed by atoms with Crippen molar-refractivity contribution in [3.8, 4) is 0 Å². The summed E-state index contributed by atoms with van der Waals surface area (Å²) < 4.78 is 49.1. The van der Waals surface area contributed by atoms with Gasteiger partial charge in [-0.2, -0.15) is 12.8 Å². The Labute approximate surface area is 302 Å². The first-order valence-corrected chi connectivity index (χ1v) is 18.8. The van der Waals surface area contributed by atoms with Crippen molar-refractivity contribution in [1.82, 2.24) is 24.6 Å². The molecule has 11 nitrogen and oxygen atoms in total. The van der Waals surface area contributed by atoms with Crippen molar-refractivity contribution in [3.05, 3.63) is 77.1 Å². The highest BCUT2D eigenvalue weighted by Gasteiger charge is 2.43. The van der Waals surface area contributed by atoms with E-state index in [-0.39, 0.29) is 34.8 Å². The number of carbonyl (C=O) groups excluding carboxylic acids is 2. The largest absolute Gasteiger partial charge is 0.444 e. The third-order valence-electron chi connectivity index (χ3n) is 8.74. The molecule has 278 valence electrons. The van der Waals surface area contributed by atoms with Crippen LogP contribution < -0.4 is 10.0 Å². The first-order chi connectivity index (χ1) is 23.4. The van der Waals surface area contributed by atoms with E-state index >= 15 is 0 Å². The number of ether oxygens (including phenoxy) is 1. The molecule has 3 aromatic rings. The van der Waals surface area contributed by atoms with Gasteiger partial charge in [0.2, 0.25) is 5.95 Å². The number of carbonyl (C=O) groups is 2. The molecule has 51 heavy (non-hydrogen) atoms. The van der Waals surface area contributed by atoms with Crippen molar-refractivity contribution in [2.45, 2.75) is 128 Å². The minimum Gasteiger partial charge on any atom is -0.444 e. The molecule has 1 unspecified atom stereocenters. The summed E-state index contributed by atoms with van der Waals surface area (Å²) in [7, 11) is -4.49. The number of pyridine rings is 3. The van der Waals surface area contributed by atoms with Gasteiger partial charge in [0.15, 0.2) is 5.03 Å². The molecule has 2 amide bonds. The molecule has 0 saturated carbocycles. The summed E-state index contributed by atoms with van der Waals surface area (Å²) in [6.45, 7) is 22.0. The molecule has 1 saturated heterocycles. The topological polar surface area (TPSA) is 143 Å². The predicted octanol–water partition coefficient (Wildman–Crippen LogP) is 7.69. The molecular formula is C38H53FN6O5S. The number of sulfonamides is 1. The molecule has 1 aliphatic rings. The van der Waals surface area contributed by atoms with Crippen molar-refractivity contribution in [1.29, 1.82) is 0 Å². The lowest BCUT2D eigenvalue weighted by atomic mass is 9.90. The van der Waals surface area contributed by atoms with E-state index in [0.29, 0.717) is 18.7 Å². The molecule has 0 bridgehead atoms. The van der Waals surface area contributed by atoms with Crippen LogP contribution in [0.1, 0.15) is 129 Å². The van der Waals surface area contributed by atoms with Gasteiger partial charge in [0, 0.05) is 34.3 Å². The van der Waals surface area contributed by atoms with Gasteiger partial charge in [-0.1, -0.05) is 53.7 Å². The maximum Gasteiger partial charge on any atom is 0.410 e. The minimum atomic E-state index is -4.49. The number of aromatic nitrogens is 3. The van der Waals surface area contributed by atoms with Gasteiger partial charge < -0.3 is 15.0 Å². The Morgan fingerprint density at radius 2 is 1.55 bits per heavy atom. The maximum atomic E-state index is 14.8. The van der Waals surface area contributed by atoms with Crippen LogP contribution in [0.25, 0.3) is 0 Å². The molecule has 4 rings (SSSR count). The number of halogens is 1. The van der Waals surface area contributed by atoms with Crippen LogP contribution in [-0.4, -0.2) is 58.0 Å². The minimum absolute atomic E-state index is 0.185. The Bertz CT molecular complexity index is 1860. The van der Waals surface area contributed by atoms with Gasteiger partial charge in [-0.25, -0.2) is 19.5 Å². The second-order valence-electron chi connectivity index (χ2n) is 17.0. The van der Waals surface area contributed by atoms with E-state index < -0.39 is 43.5 Å². The molecule has 1 aliphatic heterocycles. The lowest BCUT2D eigenvalue weighted by molar-refractivity contribution is 0.0130. The van der Waals surface area contributed by atoms with E-state index in [4.69, 9.17) is 9.72 Å². The van der Waals surface area contributed by atoms with Crippen molar-refractivity contribution in [3.63, 3.8) is 0 Å². The summed E-state index contributed by atoms with van der Waals surface area (Å²) in [6, 6.07) is 12.6. The quantitative estimate of drug-likeness (QED) is 0.212. The number of hydrogen-bond acceptors (Lipinski definition) is 9. The fourth-order valence-corrected chi connectivity index (χ4v) is 6.99. The highest BCUT2D eigenvalue weighted by molar-refractivity contribution is 7.90. The lowest BCUT2D eigenvalue weighted by Gasteiger charge is -2.33. The second kappa shape index (κ2) is 14.5. The van der Waals surface area contributed by atoms with Crippen molar-refractivity contribution in [2.24, 2.45) is 5.92 Å². The van der Waals surface area contributed by atoms with Gasteiger partial charge in [0.05, 0.1) is 17.3 Å². The first-order valence-electron chi connectivity index (χ1n) is 17.3. The highest BCUT2D eigenvalue weighted by Crippen LogP contribution is 2.38. The molecular weight excluding hydrogens is 672 g/mol. The van der Waals surface area contributed by atoms with Crippen LogP contribution in [0, 0.1) is 11.9 Å². The number of nitrogens with one attached hydrogen (secondary N) is 2. The number of anilines is 1. The average molecular weight is 725 g/mol. The van der Waals surface area contributed by atoms with Gasteiger partial charge in [-0.05, 0) is 96.2 Å². The van der Waals surface area contributed by atoms with Crippen LogP contribution in [0.15, 0.2) is 53.6 Å². The van der Waals surface area contributed by atoms with Gasteiger partial charge in [-0.3, -0.25) is 9.78 Å². The second-order valence-corrected chi connectivity index (χ2v) is 18.7. The standard InChI is InChI=1S/C38H53FN6O5S/c1-35(2,3)28-15-12-14-26(40-28)27(20-18-24-22-38(10,11)45(23-24)34(47)50-37(7,8)9)41-30-16-13-17-31(43-30)51(48,49)44-33(46)25-19-21-29(36(4,5)6)42-32(25)39/h12-17,19,21,24,27H,18,20,22-23H2,1-11H3,(H,41,43)(H,44,46)/t24-,27?/m0/s1.